The van der Waals surface area contributed by atoms with Crippen LogP contribution in [0.4, 0.5) is 18.9 Å². The fraction of sp³-hybridized carbons (Fsp3) is 0.154. The summed E-state index contributed by atoms with van der Waals surface area (Å²) in [4.78, 5) is 11.8. The molecule has 1 aromatic heterocycles. The molecule has 0 spiro atoms. The van der Waals surface area contributed by atoms with Crippen LogP contribution in [0.1, 0.15) is 0 Å². The van der Waals surface area contributed by atoms with Crippen molar-refractivity contribution in [2.75, 3.05) is 18.9 Å². The summed E-state index contributed by atoms with van der Waals surface area (Å²) in [6.45, 7) is -0.656. The van der Waals surface area contributed by atoms with E-state index in [4.69, 9.17) is 11.6 Å². The van der Waals surface area contributed by atoms with Crippen LogP contribution in [-0.2, 0) is 14.8 Å². The molecular weight excluding hydrogens is 389 g/mol. The number of sulfonamides is 1. The molecule has 1 N–H and O–H groups in total. The third-order valence-electron chi connectivity index (χ3n) is 2.89. The monoisotopic (exact) mass is 398 g/mol. The Morgan fingerprint density at radius 3 is 2.46 bits per heavy atom. The summed E-state index contributed by atoms with van der Waals surface area (Å²) in [5, 5.41) is 1.99. The zero-order valence-electron chi connectivity index (χ0n) is 12.0. The second kappa shape index (κ2) is 7.09. The predicted octanol–water partition coefficient (Wildman–Crippen LogP) is 3.08. The molecule has 1 heterocycles. The summed E-state index contributed by atoms with van der Waals surface area (Å²) < 4.78 is 64.8. The van der Waals surface area contributed by atoms with Crippen LogP contribution >= 0.6 is 22.9 Å². The van der Waals surface area contributed by atoms with Gasteiger partial charge in [-0.15, -0.1) is 11.3 Å². The van der Waals surface area contributed by atoms with Crippen molar-refractivity contribution in [2.45, 2.75) is 4.21 Å². The van der Waals surface area contributed by atoms with Gasteiger partial charge in [-0.3, -0.25) is 4.79 Å². The average molecular weight is 399 g/mol. The largest absolute Gasteiger partial charge is 0.322 e. The minimum Gasteiger partial charge on any atom is -0.322 e. The maximum atomic E-state index is 13.5. The number of likely N-dealkylation sites (N-methyl/N-ethyl adjacent to an activating group) is 1. The zero-order chi connectivity index (χ0) is 18.1. The Bertz CT molecular complexity index is 887. The number of thiophene rings is 1. The van der Waals surface area contributed by atoms with E-state index in [1.165, 1.54) is 12.1 Å². The third kappa shape index (κ3) is 3.89. The lowest BCUT2D eigenvalue weighted by molar-refractivity contribution is -0.116. The van der Waals surface area contributed by atoms with Gasteiger partial charge in [-0.2, -0.15) is 4.31 Å². The Kier molecular flexibility index (Phi) is 5.53. The van der Waals surface area contributed by atoms with Crippen molar-refractivity contribution in [3.63, 3.8) is 0 Å². The molecule has 0 unspecified atom stereocenters. The fourth-order valence-corrected chi connectivity index (χ4v) is 4.51. The molecule has 2 aromatic rings. The van der Waals surface area contributed by atoms with Crippen LogP contribution in [0.25, 0.3) is 0 Å². The number of amides is 1. The molecule has 130 valence electrons. The van der Waals surface area contributed by atoms with Gasteiger partial charge in [0.15, 0.2) is 17.5 Å². The van der Waals surface area contributed by atoms with E-state index in [0.29, 0.717) is 6.07 Å². The van der Waals surface area contributed by atoms with E-state index in [0.717, 1.165) is 28.8 Å². The van der Waals surface area contributed by atoms with E-state index in [-0.39, 0.29) is 8.55 Å². The molecule has 0 saturated heterocycles. The number of carbonyl (C=O) groups is 1. The summed E-state index contributed by atoms with van der Waals surface area (Å²) in [5.41, 5.74) is -0.594. The first-order chi connectivity index (χ1) is 11.1. The zero-order valence-corrected chi connectivity index (χ0v) is 14.4. The number of anilines is 1. The SMILES string of the molecule is CN(CC(=O)Nc1ccc(F)c(F)c1F)S(=O)(=O)c1ccc(Cl)s1. The predicted molar refractivity (Wildman–Crippen MR) is 84.1 cm³/mol. The van der Waals surface area contributed by atoms with Gasteiger partial charge in [-0.1, -0.05) is 11.6 Å². The summed E-state index contributed by atoms with van der Waals surface area (Å²) in [7, 11) is -2.81. The van der Waals surface area contributed by atoms with Gasteiger partial charge < -0.3 is 5.32 Å². The molecule has 24 heavy (non-hydrogen) atoms. The molecule has 0 saturated carbocycles. The van der Waals surface area contributed by atoms with Crippen LogP contribution in [0, 0.1) is 17.5 Å². The van der Waals surface area contributed by atoms with Crippen molar-refractivity contribution in [3.8, 4) is 0 Å². The summed E-state index contributed by atoms with van der Waals surface area (Å²) in [6, 6.07) is 4.15. The van der Waals surface area contributed by atoms with E-state index < -0.39 is 45.6 Å². The first kappa shape index (κ1) is 18.7. The molecule has 0 aliphatic rings. The van der Waals surface area contributed by atoms with E-state index in [1.807, 2.05) is 5.32 Å². The number of hydrogen-bond donors (Lipinski definition) is 1. The summed E-state index contributed by atoms with van der Waals surface area (Å²) >= 11 is 6.49. The highest BCUT2D eigenvalue weighted by molar-refractivity contribution is 7.91. The van der Waals surface area contributed by atoms with Crippen molar-refractivity contribution in [1.82, 2.24) is 4.31 Å². The van der Waals surface area contributed by atoms with Crippen LogP contribution in [0.5, 0.6) is 0 Å². The van der Waals surface area contributed by atoms with E-state index in [2.05, 4.69) is 0 Å². The quantitative estimate of drug-likeness (QED) is 0.787. The van der Waals surface area contributed by atoms with Crippen LogP contribution in [0.15, 0.2) is 28.5 Å². The topological polar surface area (TPSA) is 66.5 Å². The van der Waals surface area contributed by atoms with Gasteiger partial charge in [-0.05, 0) is 24.3 Å². The van der Waals surface area contributed by atoms with Gasteiger partial charge in [0.2, 0.25) is 5.91 Å². The molecule has 5 nitrogen and oxygen atoms in total. The number of nitrogens with one attached hydrogen (secondary N) is 1. The molecule has 11 heteroatoms. The Balaban J connectivity index is 2.11. The Morgan fingerprint density at radius 2 is 1.88 bits per heavy atom. The van der Waals surface area contributed by atoms with Gasteiger partial charge in [0.25, 0.3) is 10.0 Å². The van der Waals surface area contributed by atoms with Gasteiger partial charge >= 0.3 is 0 Å². The van der Waals surface area contributed by atoms with Crippen LogP contribution < -0.4 is 5.32 Å². The smallest absolute Gasteiger partial charge is 0.252 e. The minimum absolute atomic E-state index is 0.0678. The minimum atomic E-state index is -3.95. The number of halogens is 4. The number of carbonyl (C=O) groups excluding carboxylic acids is 1. The Labute approximate surface area is 144 Å². The normalized spacial score (nSPS) is 11.8. The van der Waals surface area contributed by atoms with Crippen LogP contribution in [-0.4, -0.2) is 32.2 Å². The van der Waals surface area contributed by atoms with Crippen molar-refractivity contribution >= 4 is 44.6 Å². The number of nitrogens with zero attached hydrogens (tertiary/aromatic N) is 1. The van der Waals surface area contributed by atoms with E-state index in [9.17, 15) is 26.4 Å². The number of hydrogen-bond acceptors (Lipinski definition) is 4. The number of benzene rings is 1. The van der Waals surface area contributed by atoms with Gasteiger partial charge in [0.05, 0.1) is 16.6 Å². The highest BCUT2D eigenvalue weighted by Crippen LogP contribution is 2.27. The van der Waals surface area contributed by atoms with E-state index in [1.54, 1.807) is 0 Å². The molecule has 0 bridgehead atoms. The van der Waals surface area contributed by atoms with Crippen molar-refractivity contribution in [2.24, 2.45) is 0 Å². The standard InChI is InChI=1S/C13H10ClF3N2O3S2/c1-19(24(21,22)11-5-4-9(14)23-11)6-10(20)18-8-3-2-7(15)12(16)13(8)17/h2-5H,6H2,1H3,(H,18,20). The summed E-state index contributed by atoms with van der Waals surface area (Å²) in [6.07, 6.45) is 0. The highest BCUT2D eigenvalue weighted by Gasteiger charge is 2.25. The van der Waals surface area contributed by atoms with Gasteiger partial charge in [0.1, 0.15) is 4.21 Å². The molecule has 0 aliphatic heterocycles. The maximum Gasteiger partial charge on any atom is 0.252 e. The Hall–Kier alpha value is -1.62. The second-order valence-corrected chi connectivity index (χ2v) is 8.58. The van der Waals surface area contributed by atoms with Gasteiger partial charge in [0, 0.05) is 7.05 Å². The van der Waals surface area contributed by atoms with Crippen LogP contribution in [0.2, 0.25) is 4.34 Å². The molecule has 0 atom stereocenters. The highest BCUT2D eigenvalue weighted by atomic mass is 35.5. The third-order valence-corrected chi connectivity index (χ3v) is 6.39. The molecule has 0 radical (unpaired) electrons. The first-order valence-electron chi connectivity index (χ1n) is 6.28. The molecule has 1 amide bonds. The lowest BCUT2D eigenvalue weighted by Gasteiger charge is -2.16. The number of rotatable bonds is 5. The van der Waals surface area contributed by atoms with Crippen molar-refractivity contribution < 1.29 is 26.4 Å². The molecule has 1 aromatic carbocycles. The summed E-state index contributed by atoms with van der Waals surface area (Å²) in [5.74, 6) is -5.63. The molecule has 2 rings (SSSR count). The molecule has 0 aliphatic carbocycles. The second-order valence-electron chi connectivity index (χ2n) is 4.59. The molecular formula is C13H10ClF3N2O3S2. The van der Waals surface area contributed by atoms with Crippen molar-refractivity contribution in [1.29, 1.82) is 0 Å². The average Bonchev–Trinajstić information content (AvgIpc) is 2.95. The van der Waals surface area contributed by atoms with Crippen molar-refractivity contribution in [3.05, 3.63) is 46.1 Å². The fourth-order valence-electron chi connectivity index (χ4n) is 1.69. The van der Waals surface area contributed by atoms with Gasteiger partial charge in [-0.25, -0.2) is 21.6 Å². The Morgan fingerprint density at radius 1 is 1.21 bits per heavy atom. The lowest BCUT2D eigenvalue weighted by Crippen LogP contribution is -2.34. The first-order valence-corrected chi connectivity index (χ1v) is 8.91. The maximum absolute atomic E-state index is 13.5. The van der Waals surface area contributed by atoms with Crippen LogP contribution in [0.3, 0.4) is 0 Å². The van der Waals surface area contributed by atoms with E-state index >= 15 is 0 Å². The lowest BCUT2D eigenvalue weighted by atomic mass is 10.3. The molecule has 0 fully saturated rings.